The Kier molecular flexibility index (Phi) is 3.39. The Morgan fingerprint density at radius 3 is 2.12 bits per heavy atom. The van der Waals surface area contributed by atoms with E-state index in [2.05, 4.69) is 85.2 Å². The van der Waals surface area contributed by atoms with Gasteiger partial charge in [-0.25, -0.2) is 0 Å². The Morgan fingerprint density at radius 2 is 1.53 bits per heavy atom. The molecule has 0 bridgehead atoms. The molecule has 0 atom stereocenters. The molecule has 88 valence electrons. The first-order chi connectivity index (χ1) is 7.98. The highest BCUT2D eigenvalue weighted by Gasteiger charge is 2.18. The minimum Gasteiger partial charge on any atom is -0.0622 e. The molecule has 0 saturated heterocycles. The molecule has 0 amide bonds. The lowest BCUT2D eigenvalue weighted by atomic mass is 9.82. The van der Waals surface area contributed by atoms with E-state index >= 15 is 0 Å². The molecule has 0 N–H and O–H groups in total. The summed E-state index contributed by atoms with van der Waals surface area (Å²) in [6.45, 7) is 6.76. The molecule has 0 spiro atoms. The molecule has 0 radical (unpaired) electrons. The van der Waals surface area contributed by atoms with Gasteiger partial charge in [-0.15, -0.1) is 0 Å². The first-order valence-corrected chi connectivity index (χ1v) is 6.63. The molecule has 2 aromatic rings. The first kappa shape index (κ1) is 12.4. The normalized spacial score (nSPS) is 11.5. The average Bonchev–Trinajstić information content (AvgIpc) is 2.28. The van der Waals surface area contributed by atoms with Crippen LogP contribution in [0.25, 0.3) is 11.1 Å². The zero-order valence-electron chi connectivity index (χ0n) is 10.5. The summed E-state index contributed by atoms with van der Waals surface area (Å²) in [4.78, 5) is 0. The summed E-state index contributed by atoms with van der Waals surface area (Å²) in [5.74, 6) is 0. The van der Waals surface area contributed by atoms with Crippen LogP contribution in [-0.4, -0.2) is 0 Å². The molecule has 0 heterocycles. The van der Waals surface area contributed by atoms with E-state index in [9.17, 15) is 0 Å². The van der Waals surface area contributed by atoms with Gasteiger partial charge in [-0.05, 0) is 34.2 Å². The van der Waals surface area contributed by atoms with Gasteiger partial charge in [0.1, 0.15) is 0 Å². The molecule has 0 unspecified atom stereocenters. The second-order valence-corrected chi connectivity index (χ2v) is 6.22. The number of halogens is 1. The van der Waals surface area contributed by atoms with E-state index in [0.29, 0.717) is 0 Å². The van der Waals surface area contributed by atoms with Crippen LogP contribution in [0.5, 0.6) is 0 Å². The maximum atomic E-state index is 3.56. The van der Waals surface area contributed by atoms with Gasteiger partial charge in [0, 0.05) is 4.47 Å². The Labute approximate surface area is 112 Å². The molecule has 17 heavy (non-hydrogen) atoms. The van der Waals surface area contributed by atoms with Crippen molar-refractivity contribution in [2.75, 3.05) is 0 Å². The topological polar surface area (TPSA) is 0 Å². The number of hydrogen-bond donors (Lipinski definition) is 0. The van der Waals surface area contributed by atoms with E-state index in [1.165, 1.54) is 16.7 Å². The Hall–Kier alpha value is -1.08. The van der Waals surface area contributed by atoms with Crippen molar-refractivity contribution in [3.8, 4) is 11.1 Å². The van der Waals surface area contributed by atoms with Crippen LogP contribution >= 0.6 is 15.9 Å². The third-order valence-electron chi connectivity index (χ3n) is 2.87. The summed E-state index contributed by atoms with van der Waals surface area (Å²) < 4.78 is 1.13. The largest absolute Gasteiger partial charge is 0.0622 e. The summed E-state index contributed by atoms with van der Waals surface area (Å²) in [7, 11) is 0. The number of hydrogen-bond acceptors (Lipinski definition) is 0. The SMILES string of the molecule is CC(C)(C)c1ccc(Br)cc1-c1ccccc1. The molecule has 0 aliphatic heterocycles. The zero-order chi connectivity index (χ0) is 12.5. The fourth-order valence-corrected chi connectivity index (χ4v) is 2.39. The lowest BCUT2D eigenvalue weighted by Gasteiger charge is -2.23. The quantitative estimate of drug-likeness (QED) is 0.658. The molecular formula is C16H17Br. The predicted octanol–water partition coefficient (Wildman–Crippen LogP) is 5.41. The summed E-state index contributed by atoms with van der Waals surface area (Å²) in [6, 6.07) is 17.1. The molecule has 1 heteroatoms. The second-order valence-electron chi connectivity index (χ2n) is 5.31. The highest BCUT2D eigenvalue weighted by molar-refractivity contribution is 9.10. The van der Waals surface area contributed by atoms with E-state index in [1.54, 1.807) is 0 Å². The lowest BCUT2D eigenvalue weighted by molar-refractivity contribution is 0.592. The van der Waals surface area contributed by atoms with Gasteiger partial charge in [0.15, 0.2) is 0 Å². The highest BCUT2D eigenvalue weighted by Crippen LogP contribution is 2.34. The average molecular weight is 289 g/mol. The van der Waals surface area contributed by atoms with E-state index in [0.717, 1.165) is 4.47 Å². The van der Waals surface area contributed by atoms with Crippen LogP contribution in [0.2, 0.25) is 0 Å². The van der Waals surface area contributed by atoms with Gasteiger partial charge >= 0.3 is 0 Å². The van der Waals surface area contributed by atoms with Crippen molar-refractivity contribution in [1.29, 1.82) is 0 Å². The van der Waals surface area contributed by atoms with Crippen molar-refractivity contribution in [3.05, 3.63) is 58.6 Å². The summed E-state index contributed by atoms with van der Waals surface area (Å²) in [6.07, 6.45) is 0. The molecule has 0 aliphatic carbocycles. The van der Waals surface area contributed by atoms with Crippen molar-refractivity contribution >= 4 is 15.9 Å². The number of benzene rings is 2. The van der Waals surface area contributed by atoms with Crippen LogP contribution < -0.4 is 0 Å². The second kappa shape index (κ2) is 4.66. The maximum Gasteiger partial charge on any atom is 0.0181 e. The summed E-state index contributed by atoms with van der Waals surface area (Å²) in [5, 5.41) is 0. The van der Waals surface area contributed by atoms with E-state index in [1.807, 2.05) is 0 Å². The van der Waals surface area contributed by atoms with Gasteiger partial charge in [-0.1, -0.05) is 73.1 Å². The molecule has 0 saturated carbocycles. The van der Waals surface area contributed by atoms with E-state index in [4.69, 9.17) is 0 Å². The maximum absolute atomic E-state index is 3.56. The summed E-state index contributed by atoms with van der Waals surface area (Å²) >= 11 is 3.56. The minimum atomic E-state index is 0.159. The molecule has 0 nitrogen and oxygen atoms in total. The van der Waals surface area contributed by atoms with Gasteiger partial charge in [0.2, 0.25) is 0 Å². The van der Waals surface area contributed by atoms with E-state index < -0.39 is 0 Å². The van der Waals surface area contributed by atoms with Gasteiger partial charge < -0.3 is 0 Å². The van der Waals surface area contributed by atoms with Gasteiger partial charge in [-0.2, -0.15) is 0 Å². The Balaban J connectivity index is 2.64. The molecule has 0 aromatic heterocycles. The van der Waals surface area contributed by atoms with Crippen LogP contribution in [-0.2, 0) is 5.41 Å². The van der Waals surface area contributed by atoms with Crippen LogP contribution in [0, 0.1) is 0 Å². The molecule has 0 fully saturated rings. The molecule has 2 rings (SSSR count). The van der Waals surface area contributed by atoms with Crippen molar-refractivity contribution < 1.29 is 0 Å². The Morgan fingerprint density at radius 1 is 0.882 bits per heavy atom. The van der Waals surface area contributed by atoms with Crippen molar-refractivity contribution in [3.63, 3.8) is 0 Å². The van der Waals surface area contributed by atoms with Gasteiger partial charge in [0.25, 0.3) is 0 Å². The monoisotopic (exact) mass is 288 g/mol. The van der Waals surface area contributed by atoms with Crippen molar-refractivity contribution in [2.45, 2.75) is 26.2 Å². The first-order valence-electron chi connectivity index (χ1n) is 5.84. The van der Waals surface area contributed by atoms with Crippen LogP contribution in [0.4, 0.5) is 0 Å². The minimum absolute atomic E-state index is 0.159. The van der Waals surface area contributed by atoms with Gasteiger partial charge in [-0.3, -0.25) is 0 Å². The zero-order valence-corrected chi connectivity index (χ0v) is 12.1. The third-order valence-corrected chi connectivity index (χ3v) is 3.37. The predicted molar refractivity (Wildman–Crippen MR) is 78.3 cm³/mol. The van der Waals surface area contributed by atoms with Crippen molar-refractivity contribution in [2.24, 2.45) is 0 Å². The van der Waals surface area contributed by atoms with Crippen LogP contribution in [0.1, 0.15) is 26.3 Å². The summed E-state index contributed by atoms with van der Waals surface area (Å²) in [5.41, 5.74) is 4.13. The molecule has 2 aromatic carbocycles. The fraction of sp³-hybridized carbons (Fsp3) is 0.250. The number of rotatable bonds is 1. The smallest absolute Gasteiger partial charge is 0.0181 e. The van der Waals surface area contributed by atoms with E-state index in [-0.39, 0.29) is 5.41 Å². The third kappa shape index (κ3) is 2.78. The Bertz CT molecular complexity index is 507. The van der Waals surface area contributed by atoms with Crippen LogP contribution in [0.15, 0.2) is 53.0 Å². The highest BCUT2D eigenvalue weighted by atomic mass is 79.9. The van der Waals surface area contributed by atoms with Crippen LogP contribution in [0.3, 0.4) is 0 Å². The van der Waals surface area contributed by atoms with Gasteiger partial charge in [0.05, 0.1) is 0 Å². The molecule has 0 aliphatic rings. The van der Waals surface area contributed by atoms with Crippen molar-refractivity contribution in [1.82, 2.24) is 0 Å². The molecular weight excluding hydrogens is 272 g/mol. The fourth-order valence-electron chi connectivity index (χ4n) is 2.03. The standard InChI is InChI=1S/C16H17Br/c1-16(2,3)15-10-9-13(17)11-14(15)12-7-5-4-6-8-12/h4-11H,1-3H3. The lowest BCUT2D eigenvalue weighted by Crippen LogP contribution is -2.12.